The maximum absolute atomic E-state index is 12.0. The maximum Gasteiger partial charge on any atom is 0.257 e. The van der Waals surface area contributed by atoms with E-state index in [0.29, 0.717) is 5.56 Å². The van der Waals surface area contributed by atoms with E-state index in [4.69, 9.17) is 0 Å². The van der Waals surface area contributed by atoms with Crippen LogP contribution < -0.4 is 5.32 Å². The van der Waals surface area contributed by atoms with Gasteiger partial charge >= 0.3 is 0 Å². The number of rotatable bonds is 3. The zero-order valence-electron chi connectivity index (χ0n) is 10.1. The van der Waals surface area contributed by atoms with Gasteiger partial charge in [0.1, 0.15) is 0 Å². The lowest BCUT2D eigenvalue weighted by molar-refractivity contribution is 0.102. The average Bonchev–Trinajstić information content (AvgIpc) is 2.85. The van der Waals surface area contributed by atoms with Crippen LogP contribution in [0.15, 0.2) is 36.7 Å². The Morgan fingerprint density at radius 1 is 1.35 bits per heavy atom. The second-order valence-electron chi connectivity index (χ2n) is 4.02. The molecule has 1 amide bonds. The molecular formula is C14H16N2O. The number of carbonyl (C=O) groups excluding carboxylic acids is 1. The third-order valence-electron chi connectivity index (χ3n) is 2.84. The highest BCUT2D eigenvalue weighted by Crippen LogP contribution is 2.21. The third kappa shape index (κ3) is 2.38. The van der Waals surface area contributed by atoms with Crippen LogP contribution >= 0.6 is 0 Å². The molecule has 2 rings (SSSR count). The zero-order chi connectivity index (χ0) is 12.3. The standard InChI is InChI=1S/C14H16N2O/c1-3-11-6-4-5-10(2)13(11)16-14(17)12-7-8-15-9-12/h4-9,15H,3H2,1-2H3,(H,16,17). The molecule has 0 aliphatic heterocycles. The van der Waals surface area contributed by atoms with E-state index in [1.54, 1.807) is 18.5 Å². The van der Waals surface area contributed by atoms with E-state index in [2.05, 4.69) is 17.2 Å². The molecule has 3 heteroatoms. The van der Waals surface area contributed by atoms with Crippen LogP contribution in [0.5, 0.6) is 0 Å². The largest absolute Gasteiger partial charge is 0.367 e. The fourth-order valence-electron chi connectivity index (χ4n) is 1.85. The van der Waals surface area contributed by atoms with E-state index in [-0.39, 0.29) is 5.91 Å². The lowest BCUT2D eigenvalue weighted by Gasteiger charge is -2.12. The van der Waals surface area contributed by atoms with E-state index in [1.165, 1.54) is 0 Å². The number of aromatic amines is 1. The van der Waals surface area contributed by atoms with Crippen molar-refractivity contribution >= 4 is 11.6 Å². The van der Waals surface area contributed by atoms with E-state index in [1.807, 2.05) is 25.1 Å². The highest BCUT2D eigenvalue weighted by atomic mass is 16.1. The first-order valence-electron chi connectivity index (χ1n) is 5.75. The summed E-state index contributed by atoms with van der Waals surface area (Å²) < 4.78 is 0. The molecule has 3 nitrogen and oxygen atoms in total. The molecule has 0 saturated heterocycles. The second-order valence-corrected chi connectivity index (χ2v) is 4.02. The Kier molecular flexibility index (Phi) is 3.28. The Bertz CT molecular complexity index is 515. The molecular weight excluding hydrogens is 212 g/mol. The Morgan fingerprint density at radius 3 is 2.82 bits per heavy atom. The SMILES string of the molecule is CCc1cccc(C)c1NC(=O)c1cc[nH]c1. The number of para-hydroxylation sites is 1. The van der Waals surface area contributed by atoms with Gasteiger partial charge < -0.3 is 10.3 Å². The predicted molar refractivity (Wildman–Crippen MR) is 69.3 cm³/mol. The number of aromatic nitrogens is 1. The van der Waals surface area contributed by atoms with E-state index in [0.717, 1.165) is 23.2 Å². The van der Waals surface area contributed by atoms with Gasteiger partial charge in [-0.05, 0) is 30.5 Å². The van der Waals surface area contributed by atoms with Crippen LogP contribution in [-0.4, -0.2) is 10.9 Å². The number of benzene rings is 1. The highest BCUT2D eigenvalue weighted by Gasteiger charge is 2.10. The van der Waals surface area contributed by atoms with E-state index < -0.39 is 0 Å². The molecule has 2 aromatic rings. The van der Waals surface area contributed by atoms with Crippen molar-refractivity contribution in [3.8, 4) is 0 Å². The minimum atomic E-state index is -0.0738. The molecule has 88 valence electrons. The van der Waals surface area contributed by atoms with Gasteiger partial charge in [0.2, 0.25) is 0 Å². The lowest BCUT2D eigenvalue weighted by atomic mass is 10.1. The molecule has 0 atom stereocenters. The number of carbonyl (C=O) groups is 1. The first-order valence-corrected chi connectivity index (χ1v) is 5.75. The normalized spacial score (nSPS) is 10.2. The molecule has 0 spiro atoms. The number of anilines is 1. The summed E-state index contributed by atoms with van der Waals surface area (Å²) in [7, 11) is 0. The zero-order valence-corrected chi connectivity index (χ0v) is 10.1. The Balaban J connectivity index is 2.27. The summed E-state index contributed by atoms with van der Waals surface area (Å²) >= 11 is 0. The highest BCUT2D eigenvalue weighted by molar-refractivity contribution is 6.04. The molecule has 2 N–H and O–H groups in total. The molecule has 0 unspecified atom stereocenters. The van der Waals surface area contributed by atoms with Gasteiger partial charge in [0.15, 0.2) is 0 Å². The predicted octanol–water partition coefficient (Wildman–Crippen LogP) is 3.14. The van der Waals surface area contributed by atoms with E-state index >= 15 is 0 Å². The monoisotopic (exact) mass is 228 g/mol. The second kappa shape index (κ2) is 4.87. The molecule has 0 saturated carbocycles. The summed E-state index contributed by atoms with van der Waals surface area (Å²) in [6.07, 6.45) is 4.34. The minimum absolute atomic E-state index is 0.0738. The summed E-state index contributed by atoms with van der Waals surface area (Å²) in [5.74, 6) is -0.0738. The average molecular weight is 228 g/mol. The third-order valence-corrected chi connectivity index (χ3v) is 2.84. The smallest absolute Gasteiger partial charge is 0.257 e. The van der Waals surface area contributed by atoms with Gasteiger partial charge in [-0.2, -0.15) is 0 Å². The van der Waals surface area contributed by atoms with Gasteiger partial charge in [-0.25, -0.2) is 0 Å². The summed E-state index contributed by atoms with van der Waals surface area (Å²) in [4.78, 5) is 14.8. The van der Waals surface area contributed by atoms with Crippen molar-refractivity contribution < 1.29 is 4.79 Å². The first kappa shape index (κ1) is 11.5. The van der Waals surface area contributed by atoms with Gasteiger partial charge in [-0.3, -0.25) is 4.79 Å². The fourth-order valence-corrected chi connectivity index (χ4v) is 1.85. The topological polar surface area (TPSA) is 44.9 Å². The number of hydrogen-bond acceptors (Lipinski definition) is 1. The van der Waals surface area contributed by atoms with Gasteiger partial charge in [-0.15, -0.1) is 0 Å². The maximum atomic E-state index is 12.0. The summed E-state index contributed by atoms with van der Waals surface area (Å²) in [5.41, 5.74) is 3.83. The molecule has 1 aromatic carbocycles. The van der Waals surface area contributed by atoms with Gasteiger partial charge in [0.25, 0.3) is 5.91 Å². The molecule has 17 heavy (non-hydrogen) atoms. The van der Waals surface area contributed by atoms with E-state index in [9.17, 15) is 4.79 Å². The van der Waals surface area contributed by atoms with Crippen LogP contribution in [0.25, 0.3) is 0 Å². The Hall–Kier alpha value is -2.03. The first-order chi connectivity index (χ1) is 8.22. The molecule has 0 radical (unpaired) electrons. The van der Waals surface area contributed by atoms with Gasteiger partial charge in [0.05, 0.1) is 5.56 Å². The number of amides is 1. The van der Waals surface area contributed by atoms with Crippen LogP contribution in [0.1, 0.15) is 28.4 Å². The number of aryl methyl sites for hydroxylation is 2. The summed E-state index contributed by atoms with van der Waals surface area (Å²) in [6, 6.07) is 7.82. The van der Waals surface area contributed by atoms with Crippen molar-refractivity contribution in [3.63, 3.8) is 0 Å². The van der Waals surface area contributed by atoms with Crippen molar-refractivity contribution in [2.75, 3.05) is 5.32 Å². The van der Waals surface area contributed by atoms with Crippen LogP contribution in [0.4, 0.5) is 5.69 Å². The number of H-pyrrole nitrogens is 1. The summed E-state index contributed by atoms with van der Waals surface area (Å²) in [6.45, 7) is 4.09. The Labute approximate surface area is 101 Å². The van der Waals surface area contributed by atoms with Crippen molar-refractivity contribution in [2.45, 2.75) is 20.3 Å². The molecule has 1 heterocycles. The van der Waals surface area contributed by atoms with Crippen LogP contribution in [0.2, 0.25) is 0 Å². The van der Waals surface area contributed by atoms with Gasteiger partial charge in [0, 0.05) is 18.1 Å². The summed E-state index contributed by atoms with van der Waals surface area (Å²) in [5, 5.41) is 2.97. The van der Waals surface area contributed by atoms with Crippen LogP contribution in [0.3, 0.4) is 0 Å². The Morgan fingerprint density at radius 2 is 2.18 bits per heavy atom. The molecule has 0 aliphatic rings. The van der Waals surface area contributed by atoms with Crippen molar-refractivity contribution in [3.05, 3.63) is 53.3 Å². The van der Waals surface area contributed by atoms with Crippen molar-refractivity contribution in [1.82, 2.24) is 4.98 Å². The quantitative estimate of drug-likeness (QED) is 0.832. The van der Waals surface area contributed by atoms with Crippen LogP contribution in [0, 0.1) is 6.92 Å². The lowest BCUT2D eigenvalue weighted by Crippen LogP contribution is -2.13. The van der Waals surface area contributed by atoms with Crippen molar-refractivity contribution in [2.24, 2.45) is 0 Å². The fraction of sp³-hybridized carbons (Fsp3) is 0.214. The molecule has 0 aliphatic carbocycles. The molecule has 0 fully saturated rings. The molecule has 1 aromatic heterocycles. The molecule has 0 bridgehead atoms. The van der Waals surface area contributed by atoms with Gasteiger partial charge in [-0.1, -0.05) is 25.1 Å². The minimum Gasteiger partial charge on any atom is -0.367 e. The number of hydrogen-bond donors (Lipinski definition) is 2. The van der Waals surface area contributed by atoms with Crippen molar-refractivity contribution in [1.29, 1.82) is 0 Å². The van der Waals surface area contributed by atoms with Crippen LogP contribution in [-0.2, 0) is 6.42 Å². The number of nitrogens with one attached hydrogen (secondary N) is 2.